The molecule has 110 valence electrons. The number of fused-ring (bicyclic) bond motifs is 1. The molecule has 2 aliphatic carbocycles. The maximum atomic E-state index is 6.77. The lowest BCUT2D eigenvalue weighted by molar-refractivity contribution is 0.149. The summed E-state index contributed by atoms with van der Waals surface area (Å²) in [6.45, 7) is 4.78. The predicted molar refractivity (Wildman–Crippen MR) is 85.9 cm³/mol. The number of benzene rings is 1. The first kappa shape index (κ1) is 14.1. The van der Waals surface area contributed by atoms with Crippen molar-refractivity contribution < 1.29 is 0 Å². The topological polar surface area (TPSA) is 26.0 Å². The molecule has 1 fully saturated rings. The molecule has 0 spiro atoms. The Morgan fingerprint density at radius 1 is 1.10 bits per heavy atom. The molecule has 0 heterocycles. The van der Waals surface area contributed by atoms with Crippen LogP contribution in [0.2, 0.25) is 0 Å². The van der Waals surface area contributed by atoms with E-state index in [0.29, 0.717) is 11.3 Å². The Morgan fingerprint density at radius 2 is 1.80 bits per heavy atom. The molecule has 2 N–H and O–H groups in total. The zero-order chi connectivity index (χ0) is 14.2. The van der Waals surface area contributed by atoms with Gasteiger partial charge in [0.2, 0.25) is 0 Å². The first-order chi connectivity index (χ1) is 9.48. The van der Waals surface area contributed by atoms with Crippen LogP contribution < -0.4 is 5.73 Å². The molecule has 20 heavy (non-hydrogen) atoms. The number of hydrogen-bond donors (Lipinski definition) is 1. The van der Waals surface area contributed by atoms with E-state index in [1.54, 1.807) is 11.1 Å². The first-order valence-corrected chi connectivity index (χ1v) is 8.34. The third-order valence-electron chi connectivity index (χ3n) is 5.75. The van der Waals surface area contributed by atoms with Gasteiger partial charge in [-0.3, -0.25) is 0 Å². The van der Waals surface area contributed by atoms with Crippen molar-refractivity contribution in [2.45, 2.75) is 76.7 Å². The number of nitrogens with two attached hydrogens (primary N) is 1. The van der Waals surface area contributed by atoms with E-state index in [0.717, 1.165) is 0 Å². The average Bonchev–Trinajstić information content (AvgIpc) is 2.43. The minimum absolute atomic E-state index is 0.0879. The van der Waals surface area contributed by atoms with Gasteiger partial charge in [-0.15, -0.1) is 0 Å². The van der Waals surface area contributed by atoms with Crippen LogP contribution in [0.25, 0.3) is 0 Å². The quantitative estimate of drug-likeness (QED) is 0.822. The maximum Gasteiger partial charge on any atom is 0.0160 e. The summed E-state index contributed by atoms with van der Waals surface area (Å²) in [5.41, 5.74) is 10.5. The van der Waals surface area contributed by atoms with Crippen LogP contribution in [0, 0.1) is 5.41 Å². The molecule has 0 amide bonds. The summed E-state index contributed by atoms with van der Waals surface area (Å²) in [6, 6.07) is 9.04. The van der Waals surface area contributed by atoms with Gasteiger partial charge in [-0.25, -0.2) is 0 Å². The minimum atomic E-state index is 0.0879. The molecular weight excluding hydrogens is 242 g/mol. The van der Waals surface area contributed by atoms with Crippen molar-refractivity contribution >= 4 is 0 Å². The van der Waals surface area contributed by atoms with E-state index in [9.17, 15) is 0 Å². The Labute approximate surface area is 124 Å². The zero-order valence-corrected chi connectivity index (χ0v) is 13.1. The van der Waals surface area contributed by atoms with Crippen LogP contribution in [-0.4, -0.2) is 5.54 Å². The summed E-state index contributed by atoms with van der Waals surface area (Å²) in [5, 5.41) is 0. The van der Waals surface area contributed by atoms with E-state index in [2.05, 4.69) is 38.1 Å². The van der Waals surface area contributed by atoms with Crippen molar-refractivity contribution in [1.29, 1.82) is 0 Å². The van der Waals surface area contributed by atoms with Crippen molar-refractivity contribution in [1.82, 2.24) is 0 Å². The van der Waals surface area contributed by atoms with Crippen LogP contribution in [0.5, 0.6) is 0 Å². The Morgan fingerprint density at radius 3 is 2.55 bits per heavy atom. The highest BCUT2D eigenvalue weighted by atomic mass is 14.8. The highest BCUT2D eigenvalue weighted by Gasteiger charge is 2.37. The molecular formula is C19H29N. The van der Waals surface area contributed by atoms with Crippen LogP contribution in [0.4, 0.5) is 0 Å². The van der Waals surface area contributed by atoms with Crippen LogP contribution in [0.15, 0.2) is 24.3 Å². The summed E-state index contributed by atoms with van der Waals surface area (Å²) in [5.74, 6) is 0.700. The average molecular weight is 271 g/mol. The predicted octanol–water partition coefficient (Wildman–Crippen LogP) is 4.79. The van der Waals surface area contributed by atoms with Crippen molar-refractivity contribution in [3.8, 4) is 0 Å². The van der Waals surface area contributed by atoms with Gasteiger partial charge in [0, 0.05) is 5.54 Å². The van der Waals surface area contributed by atoms with Gasteiger partial charge in [0.15, 0.2) is 0 Å². The molecule has 1 saturated carbocycles. The second-order valence-electron chi connectivity index (χ2n) is 8.02. The van der Waals surface area contributed by atoms with Gasteiger partial charge in [-0.2, -0.15) is 0 Å². The molecule has 1 nitrogen and oxygen atoms in total. The van der Waals surface area contributed by atoms with Crippen LogP contribution in [0.1, 0.15) is 75.8 Å². The lowest BCUT2D eigenvalue weighted by Crippen LogP contribution is -2.46. The molecule has 1 aromatic rings. The zero-order valence-electron chi connectivity index (χ0n) is 13.1. The fourth-order valence-corrected chi connectivity index (χ4v) is 4.19. The summed E-state index contributed by atoms with van der Waals surface area (Å²) in [6.07, 6.45) is 10.1. The van der Waals surface area contributed by atoms with Crippen molar-refractivity contribution in [2.75, 3.05) is 0 Å². The van der Waals surface area contributed by atoms with Crippen LogP contribution in [0.3, 0.4) is 0 Å². The summed E-state index contributed by atoms with van der Waals surface area (Å²) < 4.78 is 0. The fourth-order valence-electron chi connectivity index (χ4n) is 4.19. The number of hydrogen-bond acceptors (Lipinski definition) is 1. The molecule has 3 rings (SSSR count). The van der Waals surface area contributed by atoms with Crippen LogP contribution in [-0.2, 0) is 6.42 Å². The number of rotatable bonds is 2. The van der Waals surface area contributed by atoms with Gasteiger partial charge >= 0.3 is 0 Å². The molecule has 1 atom stereocenters. The van der Waals surface area contributed by atoms with Gasteiger partial charge in [0.05, 0.1) is 0 Å². The largest absolute Gasteiger partial charge is 0.325 e. The second-order valence-corrected chi connectivity index (χ2v) is 8.02. The summed E-state index contributed by atoms with van der Waals surface area (Å²) in [7, 11) is 0. The van der Waals surface area contributed by atoms with Gasteiger partial charge in [-0.1, -0.05) is 38.1 Å². The molecule has 0 aromatic heterocycles. The monoisotopic (exact) mass is 271 g/mol. The minimum Gasteiger partial charge on any atom is -0.325 e. The van der Waals surface area contributed by atoms with Gasteiger partial charge in [0.25, 0.3) is 0 Å². The maximum absolute atomic E-state index is 6.77. The number of aryl methyl sites for hydroxylation is 1. The SMILES string of the molecule is CC1(C)CCC(N)(CC2CCCc3ccccc32)CC1. The van der Waals surface area contributed by atoms with Crippen molar-refractivity contribution in [2.24, 2.45) is 11.1 Å². The molecule has 0 radical (unpaired) electrons. The normalized spacial score (nSPS) is 27.9. The Hall–Kier alpha value is -0.820. The van der Waals surface area contributed by atoms with Gasteiger partial charge < -0.3 is 5.73 Å². The third kappa shape index (κ3) is 2.93. The highest BCUT2D eigenvalue weighted by molar-refractivity contribution is 5.33. The lowest BCUT2D eigenvalue weighted by Gasteiger charge is -2.43. The van der Waals surface area contributed by atoms with Crippen molar-refractivity contribution in [3.05, 3.63) is 35.4 Å². The smallest absolute Gasteiger partial charge is 0.0160 e. The van der Waals surface area contributed by atoms with E-state index in [1.807, 2.05) is 0 Å². The molecule has 1 heteroatoms. The Bertz CT molecular complexity index is 464. The van der Waals surface area contributed by atoms with Gasteiger partial charge in [-0.05, 0) is 73.8 Å². The lowest BCUT2D eigenvalue weighted by atomic mass is 9.65. The molecule has 1 unspecified atom stereocenters. The standard InChI is InChI=1S/C19H29N/c1-18(2)10-12-19(20,13-11-18)14-16-8-5-7-15-6-3-4-9-17(15)16/h3-4,6,9,16H,5,7-8,10-14,20H2,1-2H3. The fraction of sp³-hybridized carbons (Fsp3) is 0.684. The van der Waals surface area contributed by atoms with E-state index < -0.39 is 0 Å². The Kier molecular flexibility index (Phi) is 3.66. The first-order valence-electron chi connectivity index (χ1n) is 8.34. The molecule has 0 aliphatic heterocycles. The van der Waals surface area contributed by atoms with E-state index in [4.69, 9.17) is 5.73 Å². The molecule has 1 aromatic carbocycles. The van der Waals surface area contributed by atoms with Crippen molar-refractivity contribution in [3.63, 3.8) is 0 Å². The second kappa shape index (κ2) is 5.18. The summed E-state index contributed by atoms with van der Waals surface area (Å²) >= 11 is 0. The van der Waals surface area contributed by atoms with Gasteiger partial charge in [0.1, 0.15) is 0 Å². The summed E-state index contributed by atoms with van der Waals surface area (Å²) in [4.78, 5) is 0. The molecule has 0 saturated heterocycles. The molecule has 0 bridgehead atoms. The third-order valence-corrected chi connectivity index (χ3v) is 5.75. The van der Waals surface area contributed by atoms with E-state index in [-0.39, 0.29) is 5.54 Å². The van der Waals surface area contributed by atoms with E-state index >= 15 is 0 Å². The Balaban J connectivity index is 1.73. The van der Waals surface area contributed by atoms with E-state index in [1.165, 1.54) is 51.4 Å². The van der Waals surface area contributed by atoms with Crippen LogP contribution >= 0.6 is 0 Å². The highest BCUT2D eigenvalue weighted by Crippen LogP contribution is 2.45. The molecule has 2 aliphatic rings.